The highest BCUT2D eigenvalue weighted by Crippen LogP contribution is 2.57. The van der Waals surface area contributed by atoms with Crippen LogP contribution in [0, 0.1) is 16.7 Å². The lowest BCUT2D eigenvalue weighted by Crippen LogP contribution is -2.58. The molecule has 3 heterocycles. The van der Waals surface area contributed by atoms with Crippen molar-refractivity contribution in [2.45, 2.75) is 85.1 Å². The van der Waals surface area contributed by atoms with Gasteiger partial charge in [-0.15, -0.1) is 0 Å². The van der Waals surface area contributed by atoms with Gasteiger partial charge in [-0.3, -0.25) is 14.4 Å². The molecule has 1 fully saturated rings. The van der Waals surface area contributed by atoms with Crippen molar-refractivity contribution in [1.82, 2.24) is 0 Å². The van der Waals surface area contributed by atoms with Gasteiger partial charge in [0.25, 0.3) is 0 Å². The van der Waals surface area contributed by atoms with Gasteiger partial charge in [0.05, 0.1) is 16.9 Å². The number of ether oxygens (including phenoxy) is 3. The molecule has 2 aliphatic heterocycles. The third kappa shape index (κ3) is 4.88. The van der Waals surface area contributed by atoms with Crippen molar-refractivity contribution in [3.8, 4) is 45.8 Å². The zero-order valence-corrected chi connectivity index (χ0v) is 27.8. The molecule has 1 saturated heterocycles. The zero-order chi connectivity index (χ0) is 36.2. The number of allylic oxidation sites excluding steroid dienone is 2. The predicted octanol–water partition coefficient (Wildman–Crippen LogP) is 3.08. The number of benzene rings is 2. The van der Waals surface area contributed by atoms with Gasteiger partial charge < -0.3 is 54.4 Å². The summed E-state index contributed by atoms with van der Waals surface area (Å²) in [6, 6.07) is 3.08. The Hall–Kier alpha value is -4.63. The molecule has 0 amide bonds. The number of fused-ring (bicyclic) bond motifs is 3. The molecular formula is C35H38O14. The highest BCUT2D eigenvalue weighted by atomic mass is 16.7. The summed E-state index contributed by atoms with van der Waals surface area (Å²) in [5.74, 6) is -6.21. The predicted molar refractivity (Wildman–Crippen MR) is 170 cm³/mol. The van der Waals surface area contributed by atoms with E-state index in [9.17, 15) is 50.1 Å². The van der Waals surface area contributed by atoms with Crippen molar-refractivity contribution in [2.24, 2.45) is 16.7 Å². The van der Waals surface area contributed by atoms with E-state index < -0.39 is 98.6 Å². The molecular weight excluding hydrogens is 644 g/mol. The summed E-state index contributed by atoms with van der Waals surface area (Å²) in [4.78, 5) is 42.0. The van der Waals surface area contributed by atoms with Crippen molar-refractivity contribution in [2.75, 3.05) is 0 Å². The summed E-state index contributed by atoms with van der Waals surface area (Å²) in [5.41, 5.74) is -3.77. The second kappa shape index (κ2) is 11.2. The van der Waals surface area contributed by atoms with Gasteiger partial charge in [-0.2, -0.15) is 0 Å². The summed E-state index contributed by atoms with van der Waals surface area (Å²) in [5, 5.41) is 73.0. The van der Waals surface area contributed by atoms with Gasteiger partial charge in [-0.25, -0.2) is 0 Å². The number of aliphatic hydroxyl groups is 3. The van der Waals surface area contributed by atoms with Crippen LogP contribution in [0.3, 0.4) is 0 Å². The number of carbonyl (C=O) groups excluding carboxylic acids is 2. The third-order valence-electron chi connectivity index (χ3n) is 9.74. The van der Waals surface area contributed by atoms with Crippen LogP contribution in [0.4, 0.5) is 0 Å². The van der Waals surface area contributed by atoms with Crippen molar-refractivity contribution >= 4 is 22.5 Å². The van der Waals surface area contributed by atoms with E-state index in [0.29, 0.717) is 0 Å². The van der Waals surface area contributed by atoms with Crippen molar-refractivity contribution in [3.05, 3.63) is 45.3 Å². The maximum absolute atomic E-state index is 14.4. The van der Waals surface area contributed by atoms with E-state index in [-0.39, 0.29) is 45.5 Å². The number of ketones is 2. The molecule has 2 aromatic carbocycles. The molecule has 6 rings (SSSR count). The highest BCUT2D eigenvalue weighted by Gasteiger charge is 2.57. The largest absolute Gasteiger partial charge is 0.507 e. The van der Waals surface area contributed by atoms with Crippen LogP contribution < -0.4 is 14.9 Å². The molecule has 0 unspecified atom stereocenters. The number of aliphatic hydroxyl groups excluding tert-OH is 3. The maximum atomic E-state index is 14.4. The molecule has 49 heavy (non-hydrogen) atoms. The molecule has 0 spiro atoms. The Morgan fingerprint density at radius 1 is 0.837 bits per heavy atom. The number of hydrogen-bond acceptors (Lipinski definition) is 14. The van der Waals surface area contributed by atoms with Gasteiger partial charge in [-0.1, -0.05) is 13.8 Å². The first-order chi connectivity index (χ1) is 22.7. The van der Waals surface area contributed by atoms with Crippen LogP contribution in [0.25, 0.3) is 22.3 Å². The lowest BCUT2D eigenvalue weighted by Gasteiger charge is -2.45. The minimum absolute atomic E-state index is 0.00645. The molecule has 0 radical (unpaired) electrons. The molecule has 1 aromatic heterocycles. The molecule has 1 aliphatic carbocycles. The van der Waals surface area contributed by atoms with Gasteiger partial charge in [0.15, 0.2) is 34.6 Å². The molecule has 6 atom stereocenters. The van der Waals surface area contributed by atoms with Crippen LogP contribution in [0.1, 0.15) is 59.9 Å². The average Bonchev–Trinajstić information content (AvgIpc) is 3.03. The first-order valence-corrected chi connectivity index (χ1v) is 15.7. The lowest BCUT2D eigenvalue weighted by molar-refractivity contribution is -0.268. The Labute approximate surface area is 279 Å². The van der Waals surface area contributed by atoms with Crippen LogP contribution in [0.5, 0.6) is 34.5 Å². The van der Waals surface area contributed by atoms with Crippen molar-refractivity contribution in [1.29, 1.82) is 0 Å². The van der Waals surface area contributed by atoms with Crippen LogP contribution >= 0.6 is 0 Å². The summed E-state index contributed by atoms with van der Waals surface area (Å²) < 4.78 is 24.0. The fourth-order valence-electron chi connectivity index (χ4n) is 7.12. The number of phenolic OH excluding ortho intramolecular Hbond substituents is 4. The first kappa shape index (κ1) is 34.2. The minimum atomic E-state index is -1.87. The Morgan fingerprint density at radius 3 is 2.04 bits per heavy atom. The number of hydrogen-bond donors (Lipinski definition) is 7. The summed E-state index contributed by atoms with van der Waals surface area (Å²) in [7, 11) is 0. The molecule has 0 saturated carbocycles. The lowest BCUT2D eigenvalue weighted by atomic mass is 9.59. The van der Waals surface area contributed by atoms with E-state index in [2.05, 4.69) is 0 Å². The average molecular weight is 683 g/mol. The number of Topliss-reactive ketones (excluding diaryl/α,β-unsaturated/α-hetero) is 2. The fourth-order valence-corrected chi connectivity index (χ4v) is 7.12. The first-order valence-electron chi connectivity index (χ1n) is 15.7. The van der Waals surface area contributed by atoms with Gasteiger partial charge >= 0.3 is 0 Å². The molecule has 14 heteroatoms. The molecule has 262 valence electrons. The van der Waals surface area contributed by atoms with E-state index >= 15 is 0 Å². The second-order valence-corrected chi connectivity index (χ2v) is 14.2. The Morgan fingerprint density at radius 2 is 1.45 bits per heavy atom. The quantitative estimate of drug-likeness (QED) is 0.155. The Kier molecular flexibility index (Phi) is 7.83. The van der Waals surface area contributed by atoms with Gasteiger partial charge in [0.1, 0.15) is 46.5 Å². The third-order valence-corrected chi connectivity index (χ3v) is 9.74. The maximum Gasteiger partial charge on any atom is 0.239 e. The van der Waals surface area contributed by atoms with Crippen molar-refractivity contribution < 1.29 is 64.0 Å². The van der Waals surface area contributed by atoms with E-state index in [4.69, 9.17) is 18.6 Å². The van der Waals surface area contributed by atoms with Gasteiger partial charge in [0, 0.05) is 28.7 Å². The fraction of sp³-hybridized carbons (Fsp3) is 0.457. The smallest absolute Gasteiger partial charge is 0.239 e. The van der Waals surface area contributed by atoms with Crippen LogP contribution in [-0.4, -0.2) is 78.0 Å². The second-order valence-electron chi connectivity index (χ2n) is 14.2. The molecule has 7 N–H and O–H groups in total. The zero-order valence-electron chi connectivity index (χ0n) is 27.8. The van der Waals surface area contributed by atoms with Crippen LogP contribution in [0.15, 0.2) is 38.7 Å². The summed E-state index contributed by atoms with van der Waals surface area (Å²) >= 11 is 0. The molecule has 0 bridgehead atoms. The van der Waals surface area contributed by atoms with Crippen molar-refractivity contribution in [3.63, 3.8) is 0 Å². The summed E-state index contributed by atoms with van der Waals surface area (Å²) in [6.45, 7) is 11.4. The van der Waals surface area contributed by atoms with Crippen LogP contribution in [0.2, 0.25) is 0 Å². The normalized spacial score (nSPS) is 27.6. The Bertz CT molecular complexity index is 2000. The SMILES string of the molecule is CC(C)[C@@H]1C2=C(Oc3cc(O)c4c(=O)c(O[C@@H]5O[C@@H](C)[C@H](O)[C@@H](O)[C@H]5O)c(-c5cc(O)c(O)c(O)c5)oc4c31)C(C)(C)C(=O)C(C)(C)C2=O. The van der Waals surface area contributed by atoms with Gasteiger partial charge in [0.2, 0.25) is 17.5 Å². The van der Waals surface area contributed by atoms with E-state index in [1.165, 1.54) is 20.8 Å². The summed E-state index contributed by atoms with van der Waals surface area (Å²) in [6.07, 6.45) is -7.94. The number of rotatable bonds is 4. The highest BCUT2D eigenvalue weighted by molar-refractivity contribution is 6.20. The van der Waals surface area contributed by atoms with Crippen LogP contribution in [-0.2, 0) is 14.3 Å². The van der Waals surface area contributed by atoms with E-state index in [1.54, 1.807) is 13.8 Å². The Balaban J connectivity index is 1.68. The standard InChI is InChI=1S/C35H38O14/c1-11(2)18-20-17(47-31-21(18)30(44)34(4,5)33(45)35(31,6)7)10-14(36)19-24(41)29(49-32-26(43)25(42)22(39)12(3)46-32)27(48-28(19)20)13-8-15(37)23(40)16(38)9-13/h8-12,18,22,25-26,32,36-40,42-43H,1-7H3/t12-,18-,22-,25+,26+,32-/m0/s1. The van der Waals surface area contributed by atoms with E-state index in [1.807, 2.05) is 13.8 Å². The number of carbonyl (C=O) groups is 2. The van der Waals surface area contributed by atoms with Gasteiger partial charge in [-0.05, 0) is 52.7 Å². The number of aromatic hydroxyl groups is 4. The molecule has 14 nitrogen and oxygen atoms in total. The monoisotopic (exact) mass is 682 g/mol. The van der Waals surface area contributed by atoms with E-state index in [0.717, 1.165) is 18.2 Å². The topological polar surface area (TPSA) is 234 Å². The molecule has 3 aliphatic rings. The number of phenols is 4. The minimum Gasteiger partial charge on any atom is -0.507 e. The molecule has 3 aromatic rings.